The third kappa shape index (κ3) is 6.25. The fourth-order valence-electron chi connectivity index (χ4n) is 4.13. The maximum absolute atomic E-state index is 12.2. The summed E-state index contributed by atoms with van der Waals surface area (Å²) in [6.07, 6.45) is 0. The van der Waals surface area contributed by atoms with Crippen LogP contribution in [0.2, 0.25) is 10.0 Å². The van der Waals surface area contributed by atoms with E-state index < -0.39 is 11.9 Å². The first kappa shape index (κ1) is 25.7. The molecular formula is C28H29Cl2N5O. The number of nitrogens with zero attached hydrogens (tertiary/aromatic N) is 3. The number of aliphatic imine (C=N–C) groups is 1. The Labute approximate surface area is 221 Å². The van der Waals surface area contributed by atoms with Crippen LogP contribution in [0.3, 0.4) is 0 Å². The Kier molecular flexibility index (Phi) is 8.28. The quantitative estimate of drug-likeness (QED) is 0.320. The summed E-state index contributed by atoms with van der Waals surface area (Å²) >= 11 is 12.2. The summed E-state index contributed by atoms with van der Waals surface area (Å²) < 4.78 is 0. The number of hydrogen-bond donors (Lipinski definition) is 2. The molecule has 3 N–H and O–H groups in total. The van der Waals surface area contributed by atoms with Gasteiger partial charge in [0.2, 0.25) is 11.9 Å². The first-order valence-corrected chi connectivity index (χ1v) is 12.6. The van der Waals surface area contributed by atoms with Gasteiger partial charge in [0.15, 0.2) is 0 Å². The molecule has 0 radical (unpaired) electrons. The largest absolute Gasteiger partial charge is 0.368 e. The molecule has 3 aromatic carbocycles. The Morgan fingerprint density at radius 1 is 1.03 bits per heavy atom. The number of nitrogens with two attached hydrogens (primary N) is 1. The Balaban J connectivity index is 1.72. The molecule has 6 nitrogen and oxygen atoms in total. The summed E-state index contributed by atoms with van der Waals surface area (Å²) in [5.41, 5.74) is 9.72. The van der Waals surface area contributed by atoms with Crippen LogP contribution in [0.5, 0.6) is 0 Å². The van der Waals surface area contributed by atoms with Gasteiger partial charge in [0.25, 0.3) is 0 Å². The summed E-state index contributed by atoms with van der Waals surface area (Å²) in [5.74, 6) is 0.0219. The van der Waals surface area contributed by atoms with Crippen molar-refractivity contribution in [1.29, 1.82) is 0 Å². The van der Waals surface area contributed by atoms with Crippen LogP contribution < -0.4 is 11.1 Å². The summed E-state index contributed by atoms with van der Waals surface area (Å²) in [6.45, 7) is 4.83. The zero-order valence-corrected chi connectivity index (χ0v) is 21.7. The molecule has 0 aliphatic carbocycles. The zero-order valence-electron chi connectivity index (χ0n) is 20.2. The molecule has 186 valence electrons. The van der Waals surface area contributed by atoms with Crippen molar-refractivity contribution in [2.24, 2.45) is 21.7 Å². The average Bonchev–Trinajstić information content (AvgIpc) is 3.31. The number of nitrogens with one attached hydrogen (secondary N) is 1. The number of hydrazone groups is 1. The van der Waals surface area contributed by atoms with E-state index in [0.29, 0.717) is 29.1 Å². The number of amides is 1. The molecule has 0 fully saturated rings. The Hall–Kier alpha value is -3.35. The predicted molar refractivity (Wildman–Crippen MR) is 147 cm³/mol. The topological polar surface area (TPSA) is 83.1 Å². The molecule has 0 aromatic heterocycles. The number of primary amides is 1. The molecule has 0 saturated carbocycles. The van der Waals surface area contributed by atoms with Gasteiger partial charge in [-0.2, -0.15) is 5.10 Å². The van der Waals surface area contributed by atoms with Crippen molar-refractivity contribution in [2.75, 3.05) is 6.54 Å². The highest BCUT2D eigenvalue weighted by Crippen LogP contribution is 2.29. The molecule has 0 unspecified atom stereocenters. The van der Waals surface area contributed by atoms with Crippen molar-refractivity contribution >= 4 is 40.8 Å². The van der Waals surface area contributed by atoms with Gasteiger partial charge in [-0.25, -0.2) is 10.0 Å². The number of rotatable bonds is 7. The number of benzene rings is 3. The second-order valence-electron chi connectivity index (χ2n) is 9.07. The van der Waals surface area contributed by atoms with Crippen molar-refractivity contribution < 1.29 is 4.79 Å². The molecule has 4 rings (SSSR count). The number of carbonyl (C=O) groups is 1. The molecule has 1 aliphatic rings. The second kappa shape index (κ2) is 11.6. The van der Waals surface area contributed by atoms with Gasteiger partial charge in [0.1, 0.15) is 6.04 Å². The highest BCUT2D eigenvalue weighted by Gasteiger charge is 2.33. The molecule has 3 aromatic rings. The SMILES string of the molecule is CC(C)[C@H](N/C(=N\Cc1ccc(Cl)cc1)N1C[C@@H](c2ccccc2)C(c2ccc(Cl)cc2)=N1)C(N)=O. The summed E-state index contributed by atoms with van der Waals surface area (Å²) in [4.78, 5) is 17.1. The van der Waals surface area contributed by atoms with Crippen molar-refractivity contribution in [2.45, 2.75) is 32.4 Å². The minimum atomic E-state index is -0.598. The molecule has 0 bridgehead atoms. The van der Waals surface area contributed by atoms with Crippen LogP contribution in [0, 0.1) is 5.92 Å². The molecule has 8 heteroatoms. The summed E-state index contributed by atoms with van der Waals surface area (Å²) in [7, 11) is 0. The molecular weight excluding hydrogens is 493 g/mol. The first-order chi connectivity index (χ1) is 17.3. The van der Waals surface area contributed by atoms with Crippen molar-refractivity contribution in [3.8, 4) is 0 Å². The number of halogens is 2. The maximum Gasteiger partial charge on any atom is 0.240 e. The molecule has 1 heterocycles. The Morgan fingerprint density at radius 2 is 1.64 bits per heavy atom. The van der Waals surface area contributed by atoms with Gasteiger partial charge in [-0.3, -0.25) is 4.79 Å². The monoisotopic (exact) mass is 521 g/mol. The van der Waals surface area contributed by atoms with E-state index in [1.165, 1.54) is 0 Å². The smallest absolute Gasteiger partial charge is 0.240 e. The van der Waals surface area contributed by atoms with Crippen LogP contribution in [0.25, 0.3) is 0 Å². The van der Waals surface area contributed by atoms with Crippen LogP contribution in [-0.4, -0.2) is 35.2 Å². The van der Waals surface area contributed by atoms with Crippen molar-refractivity contribution in [3.05, 3.63) is 106 Å². The fraction of sp³-hybridized carbons (Fsp3) is 0.250. The van der Waals surface area contributed by atoms with Gasteiger partial charge in [-0.05, 0) is 46.9 Å². The van der Waals surface area contributed by atoms with Crippen LogP contribution in [0.15, 0.2) is 89.0 Å². The molecule has 1 aliphatic heterocycles. The second-order valence-corrected chi connectivity index (χ2v) is 9.95. The van der Waals surface area contributed by atoms with E-state index in [4.69, 9.17) is 39.0 Å². The predicted octanol–water partition coefficient (Wildman–Crippen LogP) is 5.45. The highest BCUT2D eigenvalue weighted by atomic mass is 35.5. The van der Waals surface area contributed by atoms with Gasteiger partial charge < -0.3 is 11.1 Å². The standard InChI is InChI=1S/C28H29Cl2N5O/c1-18(2)25(27(31)36)33-28(32-16-19-8-12-22(29)13-9-19)35-17-24(20-6-4-3-5-7-20)26(34-35)21-10-14-23(30)15-11-21/h3-15,18,24-25H,16-17H2,1-2H3,(H2,31,36)(H,32,33)/t24-,25-/m0/s1. The lowest BCUT2D eigenvalue weighted by Crippen LogP contribution is -2.51. The number of carbonyl (C=O) groups excluding carboxylic acids is 1. The lowest BCUT2D eigenvalue weighted by atomic mass is 9.91. The van der Waals surface area contributed by atoms with Gasteiger partial charge >= 0.3 is 0 Å². The van der Waals surface area contributed by atoms with Gasteiger partial charge in [-0.15, -0.1) is 0 Å². The van der Waals surface area contributed by atoms with Crippen molar-refractivity contribution in [3.63, 3.8) is 0 Å². The fourth-order valence-corrected chi connectivity index (χ4v) is 4.38. The molecule has 0 spiro atoms. The normalized spacial score (nSPS) is 16.7. The van der Waals surface area contributed by atoms with E-state index in [1.807, 2.05) is 85.6 Å². The van der Waals surface area contributed by atoms with E-state index in [0.717, 1.165) is 22.4 Å². The third-order valence-corrected chi connectivity index (χ3v) is 6.59. The van der Waals surface area contributed by atoms with E-state index >= 15 is 0 Å². The third-order valence-electron chi connectivity index (χ3n) is 6.08. The van der Waals surface area contributed by atoms with E-state index in [9.17, 15) is 4.79 Å². The minimum absolute atomic E-state index is 0.000912. The van der Waals surface area contributed by atoms with Crippen LogP contribution in [0.4, 0.5) is 0 Å². The molecule has 2 atom stereocenters. The van der Waals surface area contributed by atoms with Gasteiger partial charge in [0, 0.05) is 16.0 Å². The van der Waals surface area contributed by atoms with Crippen LogP contribution >= 0.6 is 23.2 Å². The molecule has 36 heavy (non-hydrogen) atoms. The van der Waals surface area contributed by atoms with Gasteiger partial charge in [-0.1, -0.05) is 91.6 Å². The van der Waals surface area contributed by atoms with E-state index in [-0.39, 0.29) is 11.8 Å². The lowest BCUT2D eigenvalue weighted by Gasteiger charge is -2.25. The number of hydrogen-bond acceptors (Lipinski definition) is 3. The highest BCUT2D eigenvalue weighted by molar-refractivity contribution is 6.31. The average molecular weight is 522 g/mol. The van der Waals surface area contributed by atoms with E-state index in [2.05, 4.69) is 17.4 Å². The lowest BCUT2D eigenvalue weighted by molar-refractivity contribution is -0.120. The zero-order chi connectivity index (χ0) is 25.7. The molecule has 0 saturated heterocycles. The van der Waals surface area contributed by atoms with Crippen LogP contribution in [-0.2, 0) is 11.3 Å². The van der Waals surface area contributed by atoms with Crippen LogP contribution in [0.1, 0.15) is 36.5 Å². The Bertz CT molecular complexity index is 1240. The maximum atomic E-state index is 12.2. The van der Waals surface area contributed by atoms with Crippen molar-refractivity contribution in [1.82, 2.24) is 10.3 Å². The molecule has 1 amide bonds. The van der Waals surface area contributed by atoms with E-state index in [1.54, 1.807) is 0 Å². The first-order valence-electron chi connectivity index (χ1n) is 11.8. The number of guanidine groups is 1. The van der Waals surface area contributed by atoms with Gasteiger partial charge in [0.05, 0.1) is 18.8 Å². The minimum Gasteiger partial charge on any atom is -0.368 e. The summed E-state index contributed by atoms with van der Waals surface area (Å²) in [6, 6.07) is 24.8. The summed E-state index contributed by atoms with van der Waals surface area (Å²) in [5, 5.41) is 11.4. The Morgan fingerprint density at radius 3 is 2.22 bits per heavy atom.